The van der Waals surface area contributed by atoms with Gasteiger partial charge in [-0.2, -0.15) is 16.9 Å². The maximum atomic E-state index is 12.3. The minimum atomic E-state index is 0.0812. The lowest BCUT2D eigenvalue weighted by Crippen LogP contribution is -2.40. The number of aromatic nitrogens is 2. The Bertz CT molecular complexity index is 506. The van der Waals surface area contributed by atoms with Gasteiger partial charge in [-0.15, -0.1) is 0 Å². The lowest BCUT2D eigenvalue weighted by molar-refractivity contribution is -0.116. The molecule has 0 bridgehead atoms. The van der Waals surface area contributed by atoms with Crippen molar-refractivity contribution < 1.29 is 4.79 Å². The fourth-order valence-corrected chi connectivity index (χ4v) is 4.30. The van der Waals surface area contributed by atoms with Crippen molar-refractivity contribution in [1.82, 2.24) is 20.0 Å². The first kappa shape index (κ1) is 16.8. The van der Waals surface area contributed by atoms with Gasteiger partial charge >= 0.3 is 0 Å². The van der Waals surface area contributed by atoms with Gasteiger partial charge in [0.25, 0.3) is 0 Å². The molecule has 1 unspecified atom stereocenters. The number of hydrogen-bond acceptors (Lipinski definition) is 5. The quantitative estimate of drug-likeness (QED) is 0.854. The van der Waals surface area contributed by atoms with Gasteiger partial charge in [0, 0.05) is 49.7 Å². The van der Waals surface area contributed by atoms with Gasteiger partial charge in [-0.1, -0.05) is 6.92 Å². The van der Waals surface area contributed by atoms with E-state index in [4.69, 9.17) is 0 Å². The molecule has 128 valence electrons. The number of carbonyl (C=O) groups is 1. The van der Waals surface area contributed by atoms with E-state index in [2.05, 4.69) is 27.6 Å². The molecule has 1 aromatic heterocycles. The van der Waals surface area contributed by atoms with Crippen molar-refractivity contribution in [3.63, 3.8) is 0 Å². The highest BCUT2D eigenvalue weighted by atomic mass is 32.2. The second-order valence-electron chi connectivity index (χ2n) is 6.30. The van der Waals surface area contributed by atoms with E-state index in [1.807, 2.05) is 22.5 Å². The van der Waals surface area contributed by atoms with Gasteiger partial charge in [0.15, 0.2) is 0 Å². The topological polar surface area (TPSA) is 62.2 Å². The Morgan fingerprint density at radius 2 is 2.30 bits per heavy atom. The number of likely N-dealkylation sites (tertiary alicyclic amines) is 1. The van der Waals surface area contributed by atoms with E-state index in [1.54, 1.807) is 6.20 Å². The molecule has 23 heavy (non-hydrogen) atoms. The Morgan fingerprint density at radius 1 is 1.48 bits per heavy atom. The molecule has 2 N–H and O–H groups in total. The van der Waals surface area contributed by atoms with Crippen molar-refractivity contribution in [2.75, 3.05) is 43.0 Å². The highest BCUT2D eigenvalue weighted by Crippen LogP contribution is 2.25. The SMILES string of the molecule is CCN1CCC(n2nccc2NC(=O)CC2CSCCN2)CC1. The monoisotopic (exact) mass is 337 g/mol. The van der Waals surface area contributed by atoms with E-state index in [9.17, 15) is 4.79 Å². The lowest BCUT2D eigenvalue weighted by Gasteiger charge is -2.31. The number of nitrogens with zero attached hydrogens (tertiary/aromatic N) is 3. The van der Waals surface area contributed by atoms with Crippen LogP contribution in [-0.4, -0.2) is 64.3 Å². The molecule has 3 rings (SSSR count). The zero-order valence-corrected chi connectivity index (χ0v) is 14.6. The van der Waals surface area contributed by atoms with Gasteiger partial charge < -0.3 is 15.5 Å². The average molecular weight is 337 g/mol. The van der Waals surface area contributed by atoms with Crippen molar-refractivity contribution in [2.45, 2.75) is 38.3 Å². The van der Waals surface area contributed by atoms with Crippen LogP contribution in [0.4, 0.5) is 5.82 Å². The maximum absolute atomic E-state index is 12.3. The fraction of sp³-hybridized carbons (Fsp3) is 0.750. The Labute approximate surface area is 142 Å². The van der Waals surface area contributed by atoms with Crippen LogP contribution in [0.1, 0.15) is 32.2 Å². The number of hydrogen-bond donors (Lipinski definition) is 2. The van der Waals surface area contributed by atoms with Crippen LogP contribution in [0.3, 0.4) is 0 Å². The van der Waals surface area contributed by atoms with Crippen LogP contribution in [0.15, 0.2) is 12.3 Å². The van der Waals surface area contributed by atoms with Crippen molar-refractivity contribution in [3.05, 3.63) is 12.3 Å². The molecule has 2 saturated heterocycles. The van der Waals surface area contributed by atoms with Gasteiger partial charge in [-0.25, -0.2) is 4.68 Å². The van der Waals surface area contributed by atoms with Crippen LogP contribution in [0, 0.1) is 0 Å². The summed E-state index contributed by atoms with van der Waals surface area (Å²) in [5.74, 6) is 3.08. The molecule has 0 radical (unpaired) electrons. The molecule has 2 fully saturated rings. The molecule has 7 heteroatoms. The molecular weight excluding hydrogens is 310 g/mol. The van der Waals surface area contributed by atoms with E-state index in [0.29, 0.717) is 12.5 Å². The predicted octanol–water partition coefficient (Wildman–Crippen LogP) is 1.57. The van der Waals surface area contributed by atoms with E-state index in [1.165, 1.54) is 0 Å². The largest absolute Gasteiger partial charge is 0.312 e. The van der Waals surface area contributed by atoms with Crippen LogP contribution in [-0.2, 0) is 4.79 Å². The highest BCUT2D eigenvalue weighted by molar-refractivity contribution is 7.99. The van der Waals surface area contributed by atoms with Crippen LogP contribution in [0.5, 0.6) is 0 Å². The number of thioether (sulfide) groups is 1. The Morgan fingerprint density at radius 3 is 3.00 bits per heavy atom. The molecule has 0 aliphatic carbocycles. The van der Waals surface area contributed by atoms with E-state index in [0.717, 1.165) is 56.3 Å². The minimum absolute atomic E-state index is 0.0812. The molecule has 2 aliphatic heterocycles. The van der Waals surface area contributed by atoms with Crippen LogP contribution < -0.4 is 10.6 Å². The van der Waals surface area contributed by atoms with E-state index < -0.39 is 0 Å². The predicted molar refractivity (Wildman–Crippen MR) is 95.0 cm³/mol. The van der Waals surface area contributed by atoms with E-state index in [-0.39, 0.29) is 11.9 Å². The number of piperidine rings is 1. The zero-order chi connectivity index (χ0) is 16.1. The molecule has 6 nitrogen and oxygen atoms in total. The van der Waals surface area contributed by atoms with Gasteiger partial charge in [-0.3, -0.25) is 4.79 Å². The average Bonchev–Trinajstić information content (AvgIpc) is 3.03. The Hall–Kier alpha value is -1.05. The summed E-state index contributed by atoms with van der Waals surface area (Å²) in [4.78, 5) is 14.8. The number of amides is 1. The summed E-state index contributed by atoms with van der Waals surface area (Å²) in [6.07, 6.45) is 4.52. The molecule has 1 aromatic rings. The van der Waals surface area contributed by atoms with E-state index >= 15 is 0 Å². The summed E-state index contributed by atoms with van der Waals surface area (Å²) >= 11 is 1.92. The van der Waals surface area contributed by atoms with Crippen LogP contribution >= 0.6 is 11.8 Å². The van der Waals surface area contributed by atoms with Gasteiger partial charge in [0.05, 0.1) is 12.2 Å². The van der Waals surface area contributed by atoms with Crippen molar-refractivity contribution in [1.29, 1.82) is 0 Å². The Kier molecular flexibility index (Phi) is 5.96. The standard InChI is InChI=1S/C16H27N5OS/c1-2-20-8-4-14(5-9-20)21-15(3-6-18-21)19-16(22)11-13-12-23-10-7-17-13/h3,6,13-14,17H,2,4-5,7-12H2,1H3,(H,19,22). The van der Waals surface area contributed by atoms with Crippen molar-refractivity contribution in [2.24, 2.45) is 0 Å². The minimum Gasteiger partial charge on any atom is -0.312 e. The summed E-state index contributed by atoms with van der Waals surface area (Å²) in [6, 6.07) is 2.59. The molecule has 0 saturated carbocycles. The molecule has 0 spiro atoms. The lowest BCUT2D eigenvalue weighted by atomic mass is 10.1. The second-order valence-corrected chi connectivity index (χ2v) is 7.45. The summed E-state index contributed by atoms with van der Waals surface area (Å²) in [7, 11) is 0. The normalized spacial score (nSPS) is 23.8. The van der Waals surface area contributed by atoms with Crippen LogP contribution in [0.2, 0.25) is 0 Å². The number of anilines is 1. The molecule has 2 aliphatic rings. The maximum Gasteiger partial charge on any atom is 0.227 e. The molecular formula is C16H27N5OS. The first-order valence-corrected chi connectivity index (χ1v) is 9.78. The highest BCUT2D eigenvalue weighted by Gasteiger charge is 2.23. The van der Waals surface area contributed by atoms with Crippen LogP contribution in [0.25, 0.3) is 0 Å². The smallest absolute Gasteiger partial charge is 0.227 e. The Balaban J connectivity index is 1.54. The third-order valence-electron chi connectivity index (χ3n) is 4.72. The summed E-state index contributed by atoms with van der Waals surface area (Å²) < 4.78 is 2.01. The summed E-state index contributed by atoms with van der Waals surface area (Å²) in [6.45, 7) is 6.53. The van der Waals surface area contributed by atoms with Crippen molar-refractivity contribution >= 4 is 23.5 Å². The first-order valence-electron chi connectivity index (χ1n) is 8.63. The van der Waals surface area contributed by atoms with Crippen molar-refractivity contribution in [3.8, 4) is 0 Å². The van der Waals surface area contributed by atoms with Gasteiger partial charge in [0.2, 0.25) is 5.91 Å². The molecule has 3 heterocycles. The molecule has 1 amide bonds. The third-order valence-corrected chi connectivity index (χ3v) is 5.85. The fourth-order valence-electron chi connectivity index (χ4n) is 3.35. The number of nitrogens with one attached hydrogen (secondary N) is 2. The number of rotatable bonds is 5. The summed E-state index contributed by atoms with van der Waals surface area (Å²) in [5.41, 5.74) is 0. The zero-order valence-electron chi connectivity index (χ0n) is 13.8. The third kappa shape index (κ3) is 4.49. The van der Waals surface area contributed by atoms with Gasteiger partial charge in [0.1, 0.15) is 5.82 Å². The molecule has 1 atom stereocenters. The summed E-state index contributed by atoms with van der Waals surface area (Å²) in [5, 5.41) is 10.9. The second kappa shape index (κ2) is 8.17. The number of carbonyl (C=O) groups excluding carboxylic acids is 1. The first-order chi connectivity index (χ1) is 11.3. The van der Waals surface area contributed by atoms with Gasteiger partial charge in [-0.05, 0) is 19.4 Å². The molecule has 0 aromatic carbocycles.